The lowest BCUT2D eigenvalue weighted by molar-refractivity contribution is -0.130. The Hall–Kier alpha value is -1.75. The number of benzene rings is 1. The minimum Gasteiger partial charge on any atom is -0.493 e. The molecule has 5 heteroatoms. The molecule has 0 radical (unpaired) electrons. The van der Waals surface area contributed by atoms with Crippen LogP contribution in [0.2, 0.25) is 0 Å². The number of carbonyl (C=O) groups excluding carboxylic acids is 1. The molecule has 0 spiro atoms. The summed E-state index contributed by atoms with van der Waals surface area (Å²) in [7, 11) is 5.06. The second kappa shape index (κ2) is 7.31. The molecular formula is C16H24N2O3. The highest BCUT2D eigenvalue weighted by Crippen LogP contribution is 2.31. The lowest BCUT2D eigenvalue weighted by atomic mass is 10.1. The Labute approximate surface area is 126 Å². The average molecular weight is 292 g/mol. The van der Waals surface area contributed by atoms with Crippen LogP contribution in [0.1, 0.15) is 24.8 Å². The summed E-state index contributed by atoms with van der Waals surface area (Å²) in [5, 5.41) is 3.35. The van der Waals surface area contributed by atoms with Crippen molar-refractivity contribution in [3.05, 3.63) is 23.8 Å². The van der Waals surface area contributed by atoms with Gasteiger partial charge in [0, 0.05) is 31.6 Å². The third-order valence-corrected chi connectivity index (χ3v) is 3.90. The molecule has 0 saturated carbocycles. The molecule has 0 aromatic heterocycles. The molecule has 1 aliphatic heterocycles. The summed E-state index contributed by atoms with van der Waals surface area (Å²) in [6.07, 6.45) is 2.80. The van der Waals surface area contributed by atoms with E-state index in [2.05, 4.69) is 5.32 Å². The van der Waals surface area contributed by atoms with Crippen molar-refractivity contribution in [2.75, 3.05) is 27.8 Å². The second-order valence-corrected chi connectivity index (χ2v) is 5.40. The van der Waals surface area contributed by atoms with Crippen molar-refractivity contribution < 1.29 is 14.3 Å². The van der Waals surface area contributed by atoms with E-state index in [4.69, 9.17) is 9.47 Å². The van der Waals surface area contributed by atoms with Crippen LogP contribution in [-0.2, 0) is 11.3 Å². The molecule has 0 bridgehead atoms. The van der Waals surface area contributed by atoms with Crippen LogP contribution in [0.15, 0.2) is 18.2 Å². The molecule has 1 saturated heterocycles. The standard InChI is InChI=1S/C16H24N2O3/c1-18(15(19)10-13-7-5-9-17-13)11-12-6-4-8-14(20-2)16(12)21-3/h4,6,8,13,17H,5,7,9-11H2,1-3H3. The number of nitrogens with zero attached hydrogens (tertiary/aromatic N) is 1. The summed E-state index contributed by atoms with van der Waals surface area (Å²) >= 11 is 0. The zero-order valence-electron chi connectivity index (χ0n) is 13.0. The Morgan fingerprint density at radius 3 is 2.81 bits per heavy atom. The smallest absolute Gasteiger partial charge is 0.224 e. The summed E-state index contributed by atoms with van der Waals surface area (Å²) in [6, 6.07) is 6.05. The molecule has 2 rings (SSSR count). The van der Waals surface area contributed by atoms with E-state index in [1.165, 1.54) is 0 Å². The first-order valence-corrected chi connectivity index (χ1v) is 7.33. The fourth-order valence-corrected chi connectivity index (χ4v) is 2.72. The topological polar surface area (TPSA) is 50.8 Å². The van der Waals surface area contributed by atoms with Crippen molar-refractivity contribution in [3.8, 4) is 11.5 Å². The summed E-state index contributed by atoms with van der Waals surface area (Å²) in [6.45, 7) is 1.54. The number of ether oxygens (including phenoxy) is 2. The third-order valence-electron chi connectivity index (χ3n) is 3.90. The first-order valence-electron chi connectivity index (χ1n) is 7.33. The van der Waals surface area contributed by atoms with Crippen molar-refractivity contribution in [2.45, 2.75) is 31.8 Å². The zero-order valence-corrected chi connectivity index (χ0v) is 13.0. The van der Waals surface area contributed by atoms with Gasteiger partial charge in [0.05, 0.1) is 14.2 Å². The van der Waals surface area contributed by atoms with Crippen LogP contribution in [0.5, 0.6) is 11.5 Å². The fourth-order valence-electron chi connectivity index (χ4n) is 2.72. The predicted molar refractivity (Wildman–Crippen MR) is 81.7 cm³/mol. The van der Waals surface area contributed by atoms with Gasteiger partial charge in [-0.15, -0.1) is 0 Å². The summed E-state index contributed by atoms with van der Waals surface area (Å²) in [5.74, 6) is 1.53. The van der Waals surface area contributed by atoms with Gasteiger partial charge in [-0.05, 0) is 25.5 Å². The van der Waals surface area contributed by atoms with Gasteiger partial charge in [0.2, 0.25) is 5.91 Å². The molecule has 1 aliphatic rings. The number of carbonyl (C=O) groups is 1. The van der Waals surface area contributed by atoms with E-state index < -0.39 is 0 Å². The molecule has 1 aromatic carbocycles. The molecule has 21 heavy (non-hydrogen) atoms. The number of para-hydroxylation sites is 1. The Kier molecular flexibility index (Phi) is 5.44. The number of nitrogens with one attached hydrogen (secondary N) is 1. The molecule has 1 heterocycles. The van der Waals surface area contributed by atoms with Crippen LogP contribution in [0.25, 0.3) is 0 Å². The number of amides is 1. The van der Waals surface area contributed by atoms with E-state index in [0.717, 1.165) is 24.9 Å². The van der Waals surface area contributed by atoms with Gasteiger partial charge in [0.15, 0.2) is 11.5 Å². The van der Waals surface area contributed by atoms with Crippen LogP contribution < -0.4 is 14.8 Å². The van der Waals surface area contributed by atoms with Gasteiger partial charge in [-0.2, -0.15) is 0 Å². The molecule has 0 aliphatic carbocycles. The maximum atomic E-state index is 12.3. The lowest BCUT2D eigenvalue weighted by Gasteiger charge is -2.21. The molecular weight excluding hydrogens is 268 g/mol. The molecule has 1 fully saturated rings. The Bertz CT molecular complexity index is 484. The number of rotatable bonds is 6. The normalized spacial score (nSPS) is 17.6. The first kappa shape index (κ1) is 15.6. The van der Waals surface area contributed by atoms with E-state index >= 15 is 0 Å². The van der Waals surface area contributed by atoms with Crippen LogP contribution >= 0.6 is 0 Å². The minimum absolute atomic E-state index is 0.152. The first-order chi connectivity index (χ1) is 10.2. The summed E-state index contributed by atoms with van der Waals surface area (Å²) < 4.78 is 10.7. The van der Waals surface area contributed by atoms with Gasteiger partial charge < -0.3 is 19.7 Å². The Balaban J connectivity index is 2.01. The highest BCUT2D eigenvalue weighted by Gasteiger charge is 2.21. The van der Waals surface area contributed by atoms with E-state index in [0.29, 0.717) is 30.5 Å². The van der Waals surface area contributed by atoms with Crippen LogP contribution in [0, 0.1) is 0 Å². The zero-order chi connectivity index (χ0) is 15.2. The molecule has 1 unspecified atom stereocenters. The molecule has 1 amide bonds. The number of methoxy groups -OCH3 is 2. The van der Waals surface area contributed by atoms with Gasteiger partial charge in [-0.25, -0.2) is 0 Å². The molecule has 1 N–H and O–H groups in total. The predicted octanol–water partition coefficient (Wildman–Crippen LogP) is 1.80. The maximum absolute atomic E-state index is 12.3. The lowest BCUT2D eigenvalue weighted by Crippen LogP contribution is -2.33. The molecule has 116 valence electrons. The van der Waals surface area contributed by atoms with Crippen LogP contribution in [0.4, 0.5) is 0 Å². The minimum atomic E-state index is 0.152. The van der Waals surface area contributed by atoms with Gasteiger partial charge in [-0.3, -0.25) is 4.79 Å². The van der Waals surface area contributed by atoms with E-state index in [-0.39, 0.29) is 5.91 Å². The number of hydrogen-bond donors (Lipinski definition) is 1. The molecule has 1 atom stereocenters. The van der Waals surface area contributed by atoms with E-state index in [1.54, 1.807) is 19.1 Å². The van der Waals surface area contributed by atoms with Crippen molar-refractivity contribution in [1.29, 1.82) is 0 Å². The maximum Gasteiger partial charge on any atom is 0.224 e. The highest BCUT2D eigenvalue weighted by molar-refractivity contribution is 5.76. The number of hydrogen-bond acceptors (Lipinski definition) is 4. The molecule has 1 aromatic rings. The average Bonchev–Trinajstić information content (AvgIpc) is 2.99. The van der Waals surface area contributed by atoms with Crippen molar-refractivity contribution in [1.82, 2.24) is 10.2 Å². The quantitative estimate of drug-likeness (QED) is 0.869. The van der Waals surface area contributed by atoms with Gasteiger partial charge >= 0.3 is 0 Å². The van der Waals surface area contributed by atoms with Gasteiger partial charge in [0.25, 0.3) is 0 Å². The summed E-state index contributed by atoms with van der Waals surface area (Å²) in [5.41, 5.74) is 0.951. The van der Waals surface area contributed by atoms with Crippen molar-refractivity contribution >= 4 is 5.91 Å². The van der Waals surface area contributed by atoms with E-state index in [9.17, 15) is 4.79 Å². The third kappa shape index (κ3) is 3.88. The van der Waals surface area contributed by atoms with Gasteiger partial charge in [-0.1, -0.05) is 12.1 Å². The fraction of sp³-hybridized carbons (Fsp3) is 0.562. The Morgan fingerprint density at radius 1 is 1.38 bits per heavy atom. The largest absolute Gasteiger partial charge is 0.493 e. The summed E-state index contributed by atoms with van der Waals surface area (Å²) in [4.78, 5) is 14.0. The van der Waals surface area contributed by atoms with Crippen molar-refractivity contribution in [2.24, 2.45) is 0 Å². The molecule has 5 nitrogen and oxygen atoms in total. The SMILES string of the molecule is COc1cccc(CN(C)C(=O)CC2CCCN2)c1OC. The van der Waals surface area contributed by atoms with Crippen LogP contribution in [-0.4, -0.2) is 44.7 Å². The van der Waals surface area contributed by atoms with E-state index in [1.807, 2.05) is 25.2 Å². The van der Waals surface area contributed by atoms with Gasteiger partial charge in [0.1, 0.15) is 0 Å². The second-order valence-electron chi connectivity index (χ2n) is 5.40. The van der Waals surface area contributed by atoms with Crippen LogP contribution in [0.3, 0.4) is 0 Å². The van der Waals surface area contributed by atoms with Crippen molar-refractivity contribution in [3.63, 3.8) is 0 Å². The monoisotopic (exact) mass is 292 g/mol. The highest BCUT2D eigenvalue weighted by atomic mass is 16.5. The Morgan fingerprint density at radius 2 is 2.19 bits per heavy atom.